The van der Waals surface area contributed by atoms with E-state index in [4.69, 9.17) is 9.47 Å². The Labute approximate surface area is 262 Å². The highest BCUT2D eigenvalue weighted by atomic mass is 32.1. The number of nitrogens with one attached hydrogen (secondary N) is 2. The Hall–Kier alpha value is -3.96. The number of nitrogens with zero attached hydrogens (tertiary/aromatic N) is 2. The molecule has 1 aliphatic rings. The number of likely N-dealkylation sites (tertiary alicyclic amines) is 1. The lowest BCUT2D eigenvalue weighted by Gasteiger charge is -2.29. The van der Waals surface area contributed by atoms with Gasteiger partial charge in [0.25, 0.3) is 0 Å². The Morgan fingerprint density at radius 2 is 1.57 bits per heavy atom. The van der Waals surface area contributed by atoms with Crippen LogP contribution in [0.25, 0.3) is 0 Å². The van der Waals surface area contributed by atoms with Crippen LogP contribution in [0.2, 0.25) is 0 Å². The maximum Gasteiger partial charge on any atom is 0.411 e. The first-order chi connectivity index (χ1) is 21.1. The number of carbonyl (C=O) groups excluding carboxylic acids is 3. The van der Waals surface area contributed by atoms with Crippen LogP contribution in [-0.2, 0) is 33.7 Å². The Balaban J connectivity index is 1.45. The summed E-state index contributed by atoms with van der Waals surface area (Å²) in [4.78, 5) is 45.4. The van der Waals surface area contributed by atoms with Crippen LogP contribution in [0.3, 0.4) is 0 Å². The van der Waals surface area contributed by atoms with Gasteiger partial charge in [0.05, 0.1) is 23.0 Å². The minimum Gasteiger partial charge on any atom is -0.444 e. The largest absolute Gasteiger partial charge is 0.444 e. The lowest BCUT2D eigenvalue weighted by atomic mass is 9.95. The number of benzene rings is 2. The zero-order valence-electron chi connectivity index (χ0n) is 25.5. The predicted molar refractivity (Wildman–Crippen MR) is 168 cm³/mol. The minimum absolute atomic E-state index is 0.0308. The van der Waals surface area contributed by atoms with Gasteiger partial charge in [-0.05, 0) is 57.6 Å². The van der Waals surface area contributed by atoms with Gasteiger partial charge in [0, 0.05) is 24.7 Å². The molecular formula is C33H42N4O6S. The molecule has 4 atom stereocenters. The van der Waals surface area contributed by atoms with Gasteiger partial charge in [0.2, 0.25) is 5.91 Å². The van der Waals surface area contributed by atoms with Crippen LogP contribution in [0, 0.1) is 0 Å². The number of β-amino-alcohol motifs (C(OH)–C–C–N with tert-alkyl or cyclic N) is 1. The molecule has 1 saturated heterocycles. The van der Waals surface area contributed by atoms with Crippen molar-refractivity contribution in [2.24, 2.45) is 0 Å². The second kappa shape index (κ2) is 15.7. The molecule has 4 unspecified atom stereocenters. The van der Waals surface area contributed by atoms with Crippen molar-refractivity contribution >= 4 is 29.4 Å². The fourth-order valence-corrected chi connectivity index (χ4v) is 5.70. The van der Waals surface area contributed by atoms with Crippen molar-refractivity contribution in [3.63, 3.8) is 0 Å². The van der Waals surface area contributed by atoms with Crippen molar-refractivity contribution in [1.29, 1.82) is 0 Å². The molecule has 236 valence electrons. The molecule has 1 aromatic heterocycles. The van der Waals surface area contributed by atoms with E-state index in [9.17, 15) is 19.5 Å². The Morgan fingerprint density at radius 3 is 2.11 bits per heavy atom. The van der Waals surface area contributed by atoms with E-state index in [0.717, 1.165) is 16.0 Å². The first kappa shape index (κ1) is 32.9. The lowest BCUT2D eigenvalue weighted by Crippen LogP contribution is -2.50. The highest BCUT2D eigenvalue weighted by Crippen LogP contribution is 2.23. The number of hydrogen-bond donors (Lipinski definition) is 3. The van der Waals surface area contributed by atoms with E-state index in [1.807, 2.05) is 60.7 Å². The molecule has 0 spiro atoms. The monoisotopic (exact) mass is 622 g/mol. The summed E-state index contributed by atoms with van der Waals surface area (Å²) < 4.78 is 11.0. The van der Waals surface area contributed by atoms with Gasteiger partial charge in [-0.3, -0.25) is 14.7 Å². The molecule has 44 heavy (non-hydrogen) atoms. The van der Waals surface area contributed by atoms with Gasteiger partial charge < -0.3 is 25.2 Å². The molecule has 0 bridgehead atoms. The number of amides is 3. The van der Waals surface area contributed by atoms with Gasteiger partial charge in [-0.1, -0.05) is 60.7 Å². The number of alkyl carbamates (subject to hydrolysis) is 1. The number of aliphatic hydroxyl groups is 1. The third-order valence-electron chi connectivity index (χ3n) is 7.22. The van der Waals surface area contributed by atoms with Crippen LogP contribution >= 0.6 is 11.3 Å². The van der Waals surface area contributed by atoms with Gasteiger partial charge in [-0.15, -0.1) is 11.3 Å². The normalized spacial score (nSPS) is 17.9. The summed E-state index contributed by atoms with van der Waals surface area (Å²) >= 11 is 1.42. The van der Waals surface area contributed by atoms with Crippen molar-refractivity contribution < 1.29 is 29.0 Å². The molecule has 1 aliphatic heterocycles. The van der Waals surface area contributed by atoms with Gasteiger partial charge >= 0.3 is 12.2 Å². The second-order valence-electron chi connectivity index (χ2n) is 12.1. The van der Waals surface area contributed by atoms with Crippen LogP contribution in [-0.4, -0.2) is 69.5 Å². The number of thiazole rings is 1. The first-order valence-corrected chi connectivity index (χ1v) is 15.8. The third-order valence-corrected chi connectivity index (χ3v) is 7.97. The number of aromatic nitrogens is 1. The third kappa shape index (κ3) is 10.6. The Bertz CT molecular complexity index is 1330. The fraction of sp³-hybridized carbons (Fsp3) is 0.455. The molecule has 10 nitrogen and oxygen atoms in total. The summed E-state index contributed by atoms with van der Waals surface area (Å²) in [5.74, 6) is -0.343. The molecule has 2 heterocycles. The number of hydrogen-bond acceptors (Lipinski definition) is 8. The van der Waals surface area contributed by atoms with E-state index in [-0.39, 0.29) is 37.6 Å². The molecule has 1 fully saturated rings. The van der Waals surface area contributed by atoms with E-state index >= 15 is 0 Å². The van der Waals surface area contributed by atoms with Crippen LogP contribution in [0.1, 0.15) is 56.0 Å². The van der Waals surface area contributed by atoms with Gasteiger partial charge in [-0.2, -0.15) is 0 Å². The van der Waals surface area contributed by atoms with Crippen LogP contribution in [0.15, 0.2) is 72.4 Å². The Morgan fingerprint density at radius 1 is 0.977 bits per heavy atom. The van der Waals surface area contributed by atoms with Crippen molar-refractivity contribution in [2.45, 2.75) is 89.3 Å². The molecule has 0 radical (unpaired) electrons. The van der Waals surface area contributed by atoms with E-state index in [0.29, 0.717) is 25.7 Å². The summed E-state index contributed by atoms with van der Waals surface area (Å²) in [5, 5.41) is 16.5. The summed E-state index contributed by atoms with van der Waals surface area (Å²) in [6.45, 7) is 5.46. The molecule has 2 aromatic carbocycles. The maximum absolute atomic E-state index is 13.6. The summed E-state index contributed by atoms with van der Waals surface area (Å²) in [5.41, 5.74) is 3.07. The summed E-state index contributed by atoms with van der Waals surface area (Å²) in [6.07, 6.45) is 2.10. The zero-order chi connectivity index (χ0) is 31.5. The molecule has 11 heteroatoms. The van der Waals surface area contributed by atoms with Gasteiger partial charge in [0.15, 0.2) is 0 Å². The quantitative estimate of drug-likeness (QED) is 0.263. The van der Waals surface area contributed by atoms with Crippen LogP contribution in [0.5, 0.6) is 0 Å². The van der Waals surface area contributed by atoms with Crippen LogP contribution in [0.4, 0.5) is 9.59 Å². The number of carbonyl (C=O) groups is 3. The number of rotatable bonds is 12. The van der Waals surface area contributed by atoms with E-state index < -0.39 is 29.9 Å². The molecule has 4 rings (SSSR count). The average Bonchev–Trinajstić information content (AvgIpc) is 3.65. The van der Waals surface area contributed by atoms with E-state index in [1.165, 1.54) is 16.2 Å². The van der Waals surface area contributed by atoms with Crippen molar-refractivity contribution in [1.82, 2.24) is 20.5 Å². The zero-order valence-corrected chi connectivity index (χ0v) is 26.3. The number of aliphatic hydroxyl groups excluding tert-OH is 1. The molecule has 3 aromatic rings. The maximum atomic E-state index is 13.6. The van der Waals surface area contributed by atoms with Gasteiger partial charge in [0.1, 0.15) is 18.2 Å². The smallest absolute Gasteiger partial charge is 0.411 e. The highest BCUT2D eigenvalue weighted by molar-refractivity contribution is 7.09. The van der Waals surface area contributed by atoms with Crippen molar-refractivity contribution in [3.8, 4) is 0 Å². The minimum atomic E-state index is -0.849. The van der Waals surface area contributed by atoms with Crippen molar-refractivity contribution in [3.05, 3.63) is 88.4 Å². The van der Waals surface area contributed by atoms with Crippen LogP contribution < -0.4 is 10.6 Å². The fourth-order valence-electron chi connectivity index (χ4n) is 5.19. The molecule has 0 aliphatic carbocycles. The number of ether oxygens (including phenoxy) is 2. The molecule has 3 N–H and O–H groups in total. The van der Waals surface area contributed by atoms with Gasteiger partial charge in [-0.25, -0.2) is 9.59 Å². The average molecular weight is 623 g/mol. The summed E-state index contributed by atoms with van der Waals surface area (Å²) in [7, 11) is 0. The second-order valence-corrected chi connectivity index (χ2v) is 13.1. The SMILES string of the molecule is CC(C)(C)OC(=O)N1CC(O)CC1C(=O)NC(CCC(Cc1ccccc1)NC(=O)OCc1cncs1)Cc1ccccc1. The molecular weight excluding hydrogens is 580 g/mol. The molecule has 3 amide bonds. The van der Waals surface area contributed by atoms with Crippen molar-refractivity contribution in [2.75, 3.05) is 6.54 Å². The van der Waals surface area contributed by atoms with E-state index in [1.54, 1.807) is 32.5 Å². The Kier molecular flexibility index (Phi) is 11.7. The lowest BCUT2D eigenvalue weighted by molar-refractivity contribution is -0.126. The standard InChI is InChI=1S/C33H42N4O6S/c1-33(2,3)43-32(41)37-20-27(38)18-29(37)30(39)35-25(16-23-10-6-4-7-11-23)14-15-26(17-24-12-8-5-9-13-24)36-31(40)42-21-28-19-34-22-44-28/h4-13,19,22,25-27,29,38H,14-18,20-21H2,1-3H3,(H,35,39)(H,36,40). The topological polar surface area (TPSA) is 130 Å². The first-order valence-electron chi connectivity index (χ1n) is 14.9. The highest BCUT2D eigenvalue weighted by Gasteiger charge is 2.41. The molecule has 0 saturated carbocycles. The predicted octanol–water partition coefficient (Wildman–Crippen LogP) is 4.86. The summed E-state index contributed by atoms with van der Waals surface area (Å²) in [6, 6.07) is 18.3. The van der Waals surface area contributed by atoms with E-state index in [2.05, 4.69) is 15.6 Å².